The molecule has 1 amide bonds. The number of aromatic amines is 1. The summed E-state index contributed by atoms with van der Waals surface area (Å²) in [6.07, 6.45) is 6.39. The van der Waals surface area contributed by atoms with Crippen molar-refractivity contribution in [3.05, 3.63) is 54.4 Å². The van der Waals surface area contributed by atoms with E-state index < -0.39 is 0 Å². The van der Waals surface area contributed by atoms with Gasteiger partial charge in [0.25, 0.3) is 5.91 Å². The lowest BCUT2D eigenvalue weighted by Gasteiger charge is -1.99. The fourth-order valence-electron chi connectivity index (χ4n) is 1.69. The second-order valence-corrected chi connectivity index (χ2v) is 4.10. The largest absolute Gasteiger partial charge is 0.291 e. The molecular formula is C14H11N5O. The number of nitrogens with zero attached hydrogens (tertiary/aromatic N) is 3. The van der Waals surface area contributed by atoms with E-state index in [1.165, 1.54) is 6.08 Å². The molecule has 0 saturated carbocycles. The van der Waals surface area contributed by atoms with E-state index in [0.717, 1.165) is 10.9 Å². The summed E-state index contributed by atoms with van der Waals surface area (Å²) in [5, 5.41) is 9.96. The molecule has 0 bridgehead atoms. The maximum absolute atomic E-state index is 11.8. The SMILES string of the molecule is O=C(C=Cc1ccccc1)Nc1ncc2cn[nH]c2n1. The molecule has 2 heterocycles. The molecule has 1 aromatic carbocycles. The molecule has 6 nitrogen and oxygen atoms in total. The molecular weight excluding hydrogens is 254 g/mol. The average molecular weight is 265 g/mol. The Bertz CT molecular complexity index is 763. The van der Waals surface area contributed by atoms with E-state index in [4.69, 9.17) is 0 Å². The lowest BCUT2D eigenvalue weighted by atomic mass is 10.2. The van der Waals surface area contributed by atoms with Crippen molar-refractivity contribution in [3.63, 3.8) is 0 Å². The number of anilines is 1. The van der Waals surface area contributed by atoms with E-state index in [1.807, 2.05) is 30.3 Å². The first kappa shape index (κ1) is 12.0. The Kier molecular flexibility index (Phi) is 3.20. The number of carbonyl (C=O) groups is 1. The minimum atomic E-state index is -0.285. The standard InChI is InChI=1S/C14H11N5O/c20-12(7-6-10-4-2-1-3-5-10)17-14-15-8-11-9-16-19-13(11)18-14/h1-9H,(H2,15,16,17,18,19,20). The minimum absolute atomic E-state index is 0.240. The normalized spacial score (nSPS) is 11.0. The first-order chi connectivity index (χ1) is 9.81. The predicted molar refractivity (Wildman–Crippen MR) is 75.8 cm³/mol. The molecule has 3 rings (SSSR count). The monoisotopic (exact) mass is 265 g/mol. The zero-order valence-electron chi connectivity index (χ0n) is 10.4. The molecule has 2 N–H and O–H groups in total. The topological polar surface area (TPSA) is 83.6 Å². The second-order valence-electron chi connectivity index (χ2n) is 4.10. The fourth-order valence-corrected chi connectivity index (χ4v) is 1.69. The predicted octanol–water partition coefficient (Wildman–Crippen LogP) is 2.00. The van der Waals surface area contributed by atoms with E-state index in [9.17, 15) is 4.79 Å². The number of fused-ring (bicyclic) bond motifs is 1. The van der Waals surface area contributed by atoms with Crippen molar-refractivity contribution in [2.45, 2.75) is 0 Å². The van der Waals surface area contributed by atoms with Crippen molar-refractivity contribution in [3.8, 4) is 0 Å². The molecule has 0 fully saturated rings. The Morgan fingerprint density at radius 1 is 1.20 bits per heavy atom. The Balaban J connectivity index is 1.70. The maximum atomic E-state index is 11.8. The van der Waals surface area contributed by atoms with Crippen molar-refractivity contribution >= 4 is 29.0 Å². The molecule has 3 aromatic rings. The summed E-state index contributed by atoms with van der Waals surface area (Å²) in [4.78, 5) is 19.9. The lowest BCUT2D eigenvalue weighted by molar-refractivity contribution is -0.111. The summed E-state index contributed by atoms with van der Waals surface area (Å²) in [5.74, 6) is -0.0443. The zero-order chi connectivity index (χ0) is 13.8. The number of amides is 1. The number of aromatic nitrogens is 4. The van der Waals surface area contributed by atoms with Crippen LogP contribution < -0.4 is 5.32 Å². The fraction of sp³-hybridized carbons (Fsp3) is 0. The molecule has 0 aliphatic carbocycles. The van der Waals surface area contributed by atoms with Gasteiger partial charge in [0.05, 0.1) is 11.6 Å². The number of carbonyl (C=O) groups excluding carboxylic acids is 1. The van der Waals surface area contributed by atoms with Crippen LogP contribution in [0, 0.1) is 0 Å². The Morgan fingerprint density at radius 2 is 2.05 bits per heavy atom. The van der Waals surface area contributed by atoms with Gasteiger partial charge in [-0.2, -0.15) is 10.1 Å². The summed E-state index contributed by atoms with van der Waals surface area (Å²) in [5.41, 5.74) is 1.54. The highest BCUT2D eigenvalue weighted by atomic mass is 16.1. The van der Waals surface area contributed by atoms with Crippen LogP contribution in [0.2, 0.25) is 0 Å². The van der Waals surface area contributed by atoms with Crippen LogP contribution in [-0.2, 0) is 4.79 Å². The van der Waals surface area contributed by atoms with E-state index in [1.54, 1.807) is 18.5 Å². The molecule has 0 aliphatic rings. The van der Waals surface area contributed by atoms with Crippen molar-refractivity contribution in [2.24, 2.45) is 0 Å². The van der Waals surface area contributed by atoms with E-state index in [2.05, 4.69) is 25.5 Å². The number of hydrogen-bond donors (Lipinski definition) is 2. The first-order valence-electron chi connectivity index (χ1n) is 6.01. The highest BCUT2D eigenvalue weighted by Gasteiger charge is 2.03. The van der Waals surface area contributed by atoms with Gasteiger partial charge in [0, 0.05) is 12.3 Å². The van der Waals surface area contributed by atoms with Crippen LogP contribution in [0.25, 0.3) is 17.1 Å². The van der Waals surface area contributed by atoms with Gasteiger partial charge in [0.2, 0.25) is 5.95 Å². The summed E-state index contributed by atoms with van der Waals surface area (Å²) >= 11 is 0. The molecule has 0 aliphatic heterocycles. The molecule has 20 heavy (non-hydrogen) atoms. The summed E-state index contributed by atoms with van der Waals surface area (Å²) < 4.78 is 0. The molecule has 0 saturated heterocycles. The first-order valence-corrected chi connectivity index (χ1v) is 6.01. The zero-order valence-corrected chi connectivity index (χ0v) is 10.4. The van der Waals surface area contributed by atoms with E-state index in [0.29, 0.717) is 5.65 Å². The van der Waals surface area contributed by atoms with Crippen molar-refractivity contribution in [2.75, 3.05) is 5.32 Å². The van der Waals surface area contributed by atoms with E-state index >= 15 is 0 Å². The molecule has 0 unspecified atom stereocenters. The third kappa shape index (κ3) is 2.69. The number of H-pyrrole nitrogens is 1. The smallest absolute Gasteiger partial charge is 0.250 e. The Hall–Kier alpha value is -3.02. The van der Waals surface area contributed by atoms with Crippen LogP contribution in [0.5, 0.6) is 0 Å². The van der Waals surface area contributed by atoms with Crippen molar-refractivity contribution in [1.82, 2.24) is 20.2 Å². The summed E-state index contributed by atoms with van der Waals surface area (Å²) in [7, 11) is 0. The third-order valence-electron chi connectivity index (χ3n) is 2.65. The van der Waals surface area contributed by atoms with Crippen LogP contribution in [-0.4, -0.2) is 26.1 Å². The maximum Gasteiger partial charge on any atom is 0.250 e. The van der Waals surface area contributed by atoms with Gasteiger partial charge >= 0.3 is 0 Å². The van der Waals surface area contributed by atoms with Gasteiger partial charge in [0.1, 0.15) is 0 Å². The number of benzene rings is 1. The number of hydrogen-bond acceptors (Lipinski definition) is 4. The summed E-state index contributed by atoms with van der Waals surface area (Å²) in [6, 6.07) is 9.57. The highest BCUT2D eigenvalue weighted by molar-refractivity contribution is 6.01. The molecule has 2 aromatic heterocycles. The molecule has 0 spiro atoms. The molecule has 0 atom stereocenters. The van der Waals surface area contributed by atoms with Crippen LogP contribution in [0.3, 0.4) is 0 Å². The van der Waals surface area contributed by atoms with Crippen LogP contribution >= 0.6 is 0 Å². The van der Waals surface area contributed by atoms with Gasteiger partial charge in [-0.15, -0.1) is 0 Å². The van der Waals surface area contributed by atoms with Crippen LogP contribution in [0.1, 0.15) is 5.56 Å². The van der Waals surface area contributed by atoms with Gasteiger partial charge in [-0.25, -0.2) is 4.98 Å². The van der Waals surface area contributed by atoms with Gasteiger partial charge < -0.3 is 0 Å². The molecule has 6 heteroatoms. The highest BCUT2D eigenvalue weighted by Crippen LogP contribution is 2.08. The van der Waals surface area contributed by atoms with Crippen molar-refractivity contribution < 1.29 is 4.79 Å². The Labute approximate surface area is 114 Å². The third-order valence-corrected chi connectivity index (χ3v) is 2.65. The van der Waals surface area contributed by atoms with Crippen LogP contribution in [0.15, 0.2) is 48.8 Å². The molecule has 98 valence electrons. The number of rotatable bonds is 3. The average Bonchev–Trinajstić information content (AvgIpc) is 2.94. The molecule has 0 radical (unpaired) electrons. The quantitative estimate of drug-likeness (QED) is 0.709. The summed E-state index contributed by atoms with van der Waals surface area (Å²) in [6.45, 7) is 0. The van der Waals surface area contributed by atoms with Gasteiger partial charge in [-0.05, 0) is 11.6 Å². The van der Waals surface area contributed by atoms with E-state index in [-0.39, 0.29) is 11.9 Å². The lowest BCUT2D eigenvalue weighted by Crippen LogP contribution is -2.10. The second kappa shape index (κ2) is 5.31. The Morgan fingerprint density at radius 3 is 2.90 bits per heavy atom. The van der Waals surface area contributed by atoms with Crippen molar-refractivity contribution in [1.29, 1.82) is 0 Å². The van der Waals surface area contributed by atoms with Gasteiger partial charge in [-0.3, -0.25) is 15.2 Å². The van der Waals surface area contributed by atoms with Gasteiger partial charge in [-0.1, -0.05) is 30.3 Å². The van der Waals surface area contributed by atoms with Gasteiger partial charge in [0.15, 0.2) is 5.65 Å². The minimum Gasteiger partial charge on any atom is -0.291 e. The van der Waals surface area contributed by atoms with Crippen LogP contribution in [0.4, 0.5) is 5.95 Å². The number of nitrogens with one attached hydrogen (secondary N) is 2.